The number of phenolic OH excluding ortho intramolecular Hbond substituents is 1. The molecule has 0 bridgehead atoms. The van der Waals surface area contributed by atoms with E-state index in [1.165, 1.54) is 12.1 Å². The minimum atomic E-state index is -1.12. The maximum atomic E-state index is 13.3. The first-order valence-electron chi connectivity index (χ1n) is 23.0. The van der Waals surface area contributed by atoms with Crippen molar-refractivity contribution in [3.63, 3.8) is 0 Å². The van der Waals surface area contributed by atoms with E-state index < -0.39 is 48.0 Å². The van der Waals surface area contributed by atoms with Gasteiger partial charge in [-0.3, -0.25) is 24.0 Å². The van der Waals surface area contributed by atoms with Gasteiger partial charge in [0, 0.05) is 18.9 Å². The summed E-state index contributed by atoms with van der Waals surface area (Å²) in [6, 6.07) is 11.9. The van der Waals surface area contributed by atoms with Gasteiger partial charge in [-0.15, -0.1) is 0 Å². The molecule has 0 saturated carbocycles. The Hall–Kier alpha value is -4.86. The molecule has 2 rings (SSSR count). The molecule has 10 N–H and O–H groups in total. The number of carbonyl (C=O) groups is 6. The Morgan fingerprint density at radius 3 is 1.78 bits per heavy atom. The Morgan fingerprint density at radius 1 is 0.667 bits per heavy atom. The van der Waals surface area contributed by atoms with E-state index in [0.29, 0.717) is 58.0 Å². The van der Waals surface area contributed by atoms with Crippen molar-refractivity contribution in [2.75, 3.05) is 19.7 Å². The molecule has 0 aliphatic carbocycles. The number of rotatable bonds is 33. The lowest BCUT2D eigenvalue weighted by molar-refractivity contribution is -0.142. The third-order valence-electron chi connectivity index (χ3n) is 10.7. The molecule has 0 aromatic heterocycles. The Labute approximate surface area is 375 Å². The number of Topliss-reactive ketones (excluding diaryl/α,β-unsaturated/α-hetero) is 1. The van der Waals surface area contributed by atoms with Gasteiger partial charge >= 0.3 is 5.97 Å². The predicted molar refractivity (Wildman–Crippen MR) is 247 cm³/mol. The standard InChI is InChI=1S/C26H44N4O5.C22H34N2O4/c1-3-5-9-17-28-21(10-6-4-2)24(32)30-23(18-19-12-14-20(31)15-13-19)25(33)29-22(26(34)35)11-7-8-16-27;1-4-5-11-19(23-15-26)22(28)24-20(14-16(2)3)21(27)18(12-13-25)17-9-7-6-8-10-17/h12-15,21-23,28,31H,3-11,16-18,27H2,1-2H3,(H,29,33)(H,30,32)(H,34,35);6-10,15-16,18-20,25H,4-5,11-14H2,1-3H3,(H,23,26)(H,24,28). The molecule has 0 radical (unpaired) electrons. The van der Waals surface area contributed by atoms with Crippen LogP contribution in [0.3, 0.4) is 0 Å². The van der Waals surface area contributed by atoms with E-state index in [4.69, 9.17) is 5.73 Å². The van der Waals surface area contributed by atoms with Gasteiger partial charge in [0.1, 0.15) is 23.9 Å². The molecule has 15 nitrogen and oxygen atoms in total. The van der Waals surface area contributed by atoms with Crippen LogP contribution < -0.4 is 32.3 Å². The summed E-state index contributed by atoms with van der Waals surface area (Å²) in [6.45, 7) is 11.2. The zero-order valence-corrected chi connectivity index (χ0v) is 38.4. The maximum Gasteiger partial charge on any atom is 0.326 e. The maximum absolute atomic E-state index is 13.3. The SMILES string of the molecule is CCCCC(NC=O)C(=O)NC(CC(C)C)C(=O)C(CCO)c1ccccc1.CCCCCNC(CCCC)C(=O)NC(Cc1ccc(O)cc1)C(=O)NC(CCCCN)C(=O)O. The number of nitrogens with two attached hydrogens (primary N) is 1. The van der Waals surface area contributed by atoms with E-state index in [2.05, 4.69) is 40.4 Å². The molecule has 6 atom stereocenters. The van der Waals surface area contributed by atoms with Gasteiger partial charge < -0.3 is 47.6 Å². The summed E-state index contributed by atoms with van der Waals surface area (Å²) >= 11 is 0. The zero-order valence-electron chi connectivity index (χ0n) is 38.4. The highest BCUT2D eigenvalue weighted by atomic mass is 16.4. The number of ketones is 1. The number of hydrogen-bond donors (Lipinski definition) is 9. The summed E-state index contributed by atoms with van der Waals surface area (Å²) in [4.78, 5) is 74.9. The number of phenols is 1. The second kappa shape index (κ2) is 33.7. The van der Waals surface area contributed by atoms with Crippen LogP contribution in [0.15, 0.2) is 54.6 Å². The predicted octanol–water partition coefficient (Wildman–Crippen LogP) is 5.01. The van der Waals surface area contributed by atoms with Crippen molar-refractivity contribution in [1.82, 2.24) is 26.6 Å². The fraction of sp³-hybridized carbons (Fsp3) is 0.625. The van der Waals surface area contributed by atoms with E-state index in [1.54, 1.807) is 12.1 Å². The lowest BCUT2D eigenvalue weighted by Gasteiger charge is -2.26. The number of carbonyl (C=O) groups excluding carboxylic acids is 5. The number of aromatic hydroxyl groups is 1. The summed E-state index contributed by atoms with van der Waals surface area (Å²) in [6.07, 6.45) is 10.8. The average molecular weight is 883 g/mol. The minimum Gasteiger partial charge on any atom is -0.508 e. The second-order valence-corrected chi connectivity index (χ2v) is 16.5. The van der Waals surface area contributed by atoms with E-state index in [1.807, 2.05) is 51.1 Å². The number of carboxylic acid groups (broad SMARTS) is 1. The summed E-state index contributed by atoms with van der Waals surface area (Å²) in [5, 5.41) is 42.8. The molecular formula is C48H78N6O9. The van der Waals surface area contributed by atoms with Gasteiger partial charge in [-0.1, -0.05) is 116 Å². The number of benzene rings is 2. The van der Waals surface area contributed by atoms with Crippen LogP contribution in [0, 0.1) is 5.92 Å². The smallest absolute Gasteiger partial charge is 0.326 e. The highest BCUT2D eigenvalue weighted by Gasteiger charge is 2.32. The first kappa shape index (κ1) is 56.2. The second-order valence-electron chi connectivity index (χ2n) is 16.5. The van der Waals surface area contributed by atoms with Crippen LogP contribution in [0.1, 0.15) is 142 Å². The normalized spacial score (nSPS) is 13.8. The van der Waals surface area contributed by atoms with Gasteiger partial charge in [0.15, 0.2) is 5.78 Å². The summed E-state index contributed by atoms with van der Waals surface area (Å²) in [7, 11) is 0. The van der Waals surface area contributed by atoms with Crippen LogP contribution in [0.5, 0.6) is 5.75 Å². The topological polar surface area (TPSA) is 249 Å². The van der Waals surface area contributed by atoms with Gasteiger partial charge in [0.05, 0.1) is 12.1 Å². The Bertz CT molecular complexity index is 1590. The molecule has 6 unspecified atom stereocenters. The summed E-state index contributed by atoms with van der Waals surface area (Å²) in [5.74, 6) is -2.57. The Morgan fingerprint density at radius 2 is 1.22 bits per heavy atom. The van der Waals surface area contributed by atoms with Crippen molar-refractivity contribution < 1.29 is 44.1 Å². The highest BCUT2D eigenvalue weighted by molar-refractivity contribution is 5.95. The summed E-state index contributed by atoms with van der Waals surface area (Å²) in [5.41, 5.74) is 7.07. The summed E-state index contributed by atoms with van der Waals surface area (Å²) < 4.78 is 0. The van der Waals surface area contributed by atoms with Crippen LogP contribution in [0.2, 0.25) is 0 Å². The third kappa shape index (κ3) is 23.4. The number of aliphatic hydroxyl groups is 1. The quantitative estimate of drug-likeness (QED) is 0.0340. The van der Waals surface area contributed by atoms with E-state index in [9.17, 15) is 44.1 Å². The number of amides is 4. The molecule has 15 heteroatoms. The monoisotopic (exact) mass is 883 g/mol. The fourth-order valence-corrected chi connectivity index (χ4v) is 7.06. The molecule has 0 spiro atoms. The molecule has 2 aromatic carbocycles. The first-order valence-corrected chi connectivity index (χ1v) is 23.0. The zero-order chi connectivity index (χ0) is 47.0. The largest absolute Gasteiger partial charge is 0.508 e. The van der Waals surface area contributed by atoms with E-state index in [0.717, 1.165) is 56.1 Å². The molecule has 354 valence electrons. The molecule has 0 fully saturated rings. The number of hydrogen-bond acceptors (Lipinski definition) is 10. The number of aliphatic carboxylic acids is 1. The first-order chi connectivity index (χ1) is 30.3. The molecule has 0 aliphatic heterocycles. The van der Waals surface area contributed by atoms with Crippen molar-refractivity contribution >= 4 is 35.9 Å². The van der Waals surface area contributed by atoms with Crippen molar-refractivity contribution in [1.29, 1.82) is 0 Å². The van der Waals surface area contributed by atoms with E-state index >= 15 is 0 Å². The van der Waals surface area contributed by atoms with Crippen molar-refractivity contribution in [3.05, 3.63) is 65.7 Å². The van der Waals surface area contributed by atoms with Gasteiger partial charge in [0.2, 0.25) is 24.1 Å². The molecule has 0 aliphatic rings. The third-order valence-corrected chi connectivity index (χ3v) is 10.7. The van der Waals surface area contributed by atoms with Crippen LogP contribution in [-0.4, -0.2) is 101 Å². The lowest BCUT2D eigenvalue weighted by Crippen LogP contribution is -2.56. The van der Waals surface area contributed by atoms with Crippen LogP contribution >= 0.6 is 0 Å². The van der Waals surface area contributed by atoms with Crippen LogP contribution in [-0.2, 0) is 35.2 Å². The highest BCUT2D eigenvalue weighted by Crippen LogP contribution is 2.24. The molecule has 2 aromatic rings. The van der Waals surface area contributed by atoms with Crippen LogP contribution in [0.4, 0.5) is 0 Å². The average Bonchev–Trinajstić information content (AvgIpc) is 3.26. The number of carboxylic acids is 1. The Kier molecular flexibility index (Phi) is 30.0. The number of aliphatic hydroxyl groups excluding tert-OH is 1. The van der Waals surface area contributed by atoms with Gasteiger partial charge in [-0.05, 0) is 93.6 Å². The van der Waals surface area contributed by atoms with Crippen molar-refractivity contribution in [2.45, 2.75) is 167 Å². The lowest BCUT2D eigenvalue weighted by atomic mass is 9.85. The van der Waals surface area contributed by atoms with Gasteiger partial charge in [-0.25, -0.2) is 4.79 Å². The van der Waals surface area contributed by atoms with Gasteiger partial charge in [-0.2, -0.15) is 0 Å². The van der Waals surface area contributed by atoms with Crippen molar-refractivity contribution in [3.8, 4) is 5.75 Å². The molecule has 4 amide bonds. The van der Waals surface area contributed by atoms with Crippen LogP contribution in [0.25, 0.3) is 0 Å². The minimum absolute atomic E-state index is 0.0977. The molecule has 0 heterocycles. The molecule has 63 heavy (non-hydrogen) atoms. The molecular weight excluding hydrogens is 805 g/mol. The fourth-order valence-electron chi connectivity index (χ4n) is 7.06. The Balaban J connectivity index is 0.000000646. The number of unbranched alkanes of at least 4 members (excludes halogenated alkanes) is 5. The number of nitrogens with one attached hydrogen (secondary N) is 5. The van der Waals surface area contributed by atoms with E-state index in [-0.39, 0.29) is 48.7 Å². The molecule has 0 saturated heterocycles. The van der Waals surface area contributed by atoms with Crippen molar-refractivity contribution in [2.24, 2.45) is 11.7 Å². The van der Waals surface area contributed by atoms with Gasteiger partial charge in [0.25, 0.3) is 0 Å².